The van der Waals surface area contributed by atoms with Crippen molar-refractivity contribution in [3.8, 4) is 0 Å². The minimum absolute atomic E-state index is 0.177. The largest absolute Gasteiger partial charge is 0.379 e. The van der Waals surface area contributed by atoms with Crippen molar-refractivity contribution in [2.75, 3.05) is 26.0 Å². The lowest BCUT2D eigenvalue weighted by atomic mass is 10.0. The monoisotopic (exact) mass is 312 g/mol. The van der Waals surface area contributed by atoms with Crippen molar-refractivity contribution in [3.63, 3.8) is 0 Å². The second-order valence-corrected chi connectivity index (χ2v) is 7.60. The maximum absolute atomic E-state index is 12.2. The third-order valence-electron chi connectivity index (χ3n) is 5.06. The highest BCUT2D eigenvalue weighted by Crippen LogP contribution is 2.63. The summed E-state index contributed by atoms with van der Waals surface area (Å²) >= 11 is 6.22. The Morgan fingerprint density at radius 1 is 1.33 bits per heavy atom. The molecule has 118 valence electrons. The maximum atomic E-state index is 12.2. The number of anilines is 1. The quantitative estimate of drug-likeness (QED) is 0.906. The first-order valence-electron chi connectivity index (χ1n) is 7.26. The zero-order valence-corrected chi connectivity index (χ0v) is 14.5. The molecule has 0 aliphatic heterocycles. The SMILES string of the molecule is CN(C)CCn1ncc(NC2C(C)(C)C2(C)C)c(Cl)c1=O. The maximum Gasteiger partial charge on any atom is 0.287 e. The van der Waals surface area contributed by atoms with Crippen LogP contribution in [0.1, 0.15) is 27.7 Å². The van der Waals surface area contributed by atoms with Crippen LogP contribution in [-0.2, 0) is 6.54 Å². The number of halogens is 1. The van der Waals surface area contributed by atoms with Crippen molar-refractivity contribution < 1.29 is 0 Å². The van der Waals surface area contributed by atoms with Crippen LogP contribution in [0.5, 0.6) is 0 Å². The van der Waals surface area contributed by atoms with Crippen molar-refractivity contribution in [1.82, 2.24) is 14.7 Å². The van der Waals surface area contributed by atoms with Gasteiger partial charge in [0.1, 0.15) is 5.02 Å². The van der Waals surface area contributed by atoms with Gasteiger partial charge in [-0.3, -0.25) is 4.79 Å². The van der Waals surface area contributed by atoms with Gasteiger partial charge >= 0.3 is 0 Å². The molecule has 0 aromatic carbocycles. The van der Waals surface area contributed by atoms with E-state index in [0.717, 1.165) is 6.54 Å². The van der Waals surface area contributed by atoms with Gasteiger partial charge in [0.25, 0.3) is 5.56 Å². The topological polar surface area (TPSA) is 50.2 Å². The van der Waals surface area contributed by atoms with Gasteiger partial charge in [-0.2, -0.15) is 5.10 Å². The van der Waals surface area contributed by atoms with Crippen LogP contribution >= 0.6 is 11.6 Å². The standard InChI is InChI=1S/C15H25ClN4O/c1-14(2)13(15(14,3)4)18-10-9-17-20(8-7-19(5)6)12(21)11(10)16/h9,13,18H,7-8H2,1-6H3. The lowest BCUT2D eigenvalue weighted by Crippen LogP contribution is -2.29. The van der Waals surface area contributed by atoms with E-state index in [1.807, 2.05) is 19.0 Å². The molecule has 0 spiro atoms. The zero-order valence-electron chi connectivity index (χ0n) is 13.7. The summed E-state index contributed by atoms with van der Waals surface area (Å²) in [4.78, 5) is 14.2. The molecule has 5 nitrogen and oxygen atoms in total. The number of hydrogen-bond acceptors (Lipinski definition) is 4. The van der Waals surface area contributed by atoms with Gasteiger partial charge in [0.15, 0.2) is 0 Å². The van der Waals surface area contributed by atoms with E-state index in [1.54, 1.807) is 6.20 Å². The fourth-order valence-corrected chi connectivity index (χ4v) is 2.93. The molecular weight excluding hydrogens is 288 g/mol. The average molecular weight is 313 g/mol. The predicted molar refractivity (Wildman–Crippen MR) is 87.0 cm³/mol. The van der Waals surface area contributed by atoms with Crippen LogP contribution in [-0.4, -0.2) is 41.4 Å². The Kier molecular flexibility index (Phi) is 4.10. The first-order chi connectivity index (χ1) is 9.59. The molecule has 0 amide bonds. The molecule has 1 N–H and O–H groups in total. The molecule has 0 atom stereocenters. The number of nitrogens with zero attached hydrogens (tertiary/aromatic N) is 3. The van der Waals surface area contributed by atoms with Crippen LogP contribution in [0.15, 0.2) is 11.0 Å². The van der Waals surface area contributed by atoms with Crippen molar-refractivity contribution in [2.45, 2.75) is 40.3 Å². The van der Waals surface area contributed by atoms with E-state index in [2.05, 4.69) is 38.1 Å². The minimum atomic E-state index is -0.236. The number of hydrogen-bond donors (Lipinski definition) is 1. The number of likely N-dealkylation sites (N-methyl/N-ethyl adjacent to an activating group) is 1. The number of nitrogens with one attached hydrogen (secondary N) is 1. The molecular formula is C15H25ClN4O. The number of aromatic nitrogens is 2. The molecule has 0 bridgehead atoms. The molecule has 1 fully saturated rings. The predicted octanol–water partition coefficient (Wildman–Crippen LogP) is 2.30. The molecule has 2 rings (SSSR count). The van der Waals surface area contributed by atoms with Gasteiger partial charge in [0, 0.05) is 12.6 Å². The van der Waals surface area contributed by atoms with E-state index in [4.69, 9.17) is 11.6 Å². The molecule has 1 aliphatic rings. The van der Waals surface area contributed by atoms with Crippen LogP contribution < -0.4 is 10.9 Å². The molecule has 6 heteroatoms. The number of rotatable bonds is 5. The molecule has 1 aliphatic carbocycles. The van der Waals surface area contributed by atoms with Crippen LogP contribution in [0, 0.1) is 10.8 Å². The third-order valence-corrected chi connectivity index (χ3v) is 5.43. The summed E-state index contributed by atoms with van der Waals surface area (Å²) in [6, 6.07) is 0.293. The van der Waals surface area contributed by atoms with Crippen molar-refractivity contribution in [1.29, 1.82) is 0 Å². The Hall–Kier alpha value is -1.07. The van der Waals surface area contributed by atoms with Crippen LogP contribution in [0.25, 0.3) is 0 Å². The second-order valence-electron chi connectivity index (χ2n) is 7.22. The average Bonchev–Trinajstić information content (AvgIpc) is 2.76. The molecule has 1 heterocycles. The van der Waals surface area contributed by atoms with E-state index in [9.17, 15) is 4.79 Å². The highest BCUT2D eigenvalue weighted by Gasteiger charge is 2.65. The Balaban J connectivity index is 2.17. The first kappa shape index (κ1) is 16.3. The summed E-state index contributed by atoms with van der Waals surface area (Å²) in [6.07, 6.45) is 1.66. The summed E-state index contributed by atoms with van der Waals surface area (Å²) in [7, 11) is 3.92. The molecule has 0 saturated heterocycles. The highest BCUT2D eigenvalue weighted by molar-refractivity contribution is 6.32. The normalized spacial score (nSPS) is 19.8. The molecule has 1 aromatic rings. The van der Waals surface area contributed by atoms with Gasteiger partial charge in [0.05, 0.1) is 18.4 Å². The lowest BCUT2D eigenvalue weighted by Gasteiger charge is -2.13. The molecule has 1 saturated carbocycles. The van der Waals surface area contributed by atoms with E-state index in [0.29, 0.717) is 18.3 Å². The third kappa shape index (κ3) is 2.81. The van der Waals surface area contributed by atoms with Gasteiger partial charge in [-0.1, -0.05) is 39.3 Å². The van der Waals surface area contributed by atoms with Crippen LogP contribution in [0.4, 0.5) is 5.69 Å². The van der Waals surface area contributed by atoms with E-state index < -0.39 is 0 Å². The molecule has 0 radical (unpaired) electrons. The minimum Gasteiger partial charge on any atom is -0.379 e. The Morgan fingerprint density at radius 2 is 1.90 bits per heavy atom. The lowest BCUT2D eigenvalue weighted by molar-refractivity contribution is 0.367. The summed E-state index contributed by atoms with van der Waals surface area (Å²) in [5.41, 5.74) is 0.748. The Morgan fingerprint density at radius 3 is 2.38 bits per heavy atom. The van der Waals surface area contributed by atoms with Crippen molar-refractivity contribution in [3.05, 3.63) is 21.6 Å². The van der Waals surface area contributed by atoms with E-state index >= 15 is 0 Å². The molecule has 21 heavy (non-hydrogen) atoms. The van der Waals surface area contributed by atoms with E-state index in [-0.39, 0.29) is 21.4 Å². The summed E-state index contributed by atoms with van der Waals surface area (Å²) in [6.45, 7) is 10.1. The van der Waals surface area contributed by atoms with Gasteiger partial charge in [-0.05, 0) is 24.9 Å². The zero-order chi connectivity index (χ0) is 16.0. The fraction of sp³-hybridized carbons (Fsp3) is 0.733. The van der Waals surface area contributed by atoms with Crippen LogP contribution in [0.2, 0.25) is 5.02 Å². The van der Waals surface area contributed by atoms with Crippen molar-refractivity contribution >= 4 is 17.3 Å². The molecule has 0 unspecified atom stereocenters. The highest BCUT2D eigenvalue weighted by atomic mass is 35.5. The first-order valence-corrected chi connectivity index (χ1v) is 7.63. The van der Waals surface area contributed by atoms with Gasteiger partial charge < -0.3 is 10.2 Å². The van der Waals surface area contributed by atoms with Gasteiger partial charge in [0.2, 0.25) is 0 Å². The molecule has 1 aromatic heterocycles. The Bertz CT molecular complexity index is 578. The summed E-state index contributed by atoms with van der Waals surface area (Å²) in [5.74, 6) is 0. The van der Waals surface area contributed by atoms with Crippen LogP contribution in [0.3, 0.4) is 0 Å². The fourth-order valence-electron chi connectivity index (χ4n) is 2.73. The van der Waals surface area contributed by atoms with E-state index in [1.165, 1.54) is 4.68 Å². The summed E-state index contributed by atoms with van der Waals surface area (Å²) < 4.78 is 1.41. The summed E-state index contributed by atoms with van der Waals surface area (Å²) in [5, 5.41) is 7.82. The smallest absolute Gasteiger partial charge is 0.287 e. The van der Waals surface area contributed by atoms with Gasteiger partial charge in [-0.15, -0.1) is 0 Å². The Labute approximate surface area is 131 Å². The second kappa shape index (κ2) is 5.29. The van der Waals surface area contributed by atoms with Gasteiger partial charge in [-0.25, -0.2) is 4.68 Å². The van der Waals surface area contributed by atoms with Crippen molar-refractivity contribution in [2.24, 2.45) is 10.8 Å².